The van der Waals surface area contributed by atoms with E-state index in [0.29, 0.717) is 5.92 Å². The summed E-state index contributed by atoms with van der Waals surface area (Å²) in [6.07, 6.45) is 2.16. The summed E-state index contributed by atoms with van der Waals surface area (Å²) in [4.78, 5) is 11.6. The van der Waals surface area contributed by atoms with Crippen LogP contribution in [0.25, 0.3) is 0 Å². The van der Waals surface area contributed by atoms with Gasteiger partial charge in [0.25, 0.3) is 0 Å². The molecule has 1 aliphatic heterocycles. The average Bonchev–Trinajstić information content (AvgIpc) is 2.03. The van der Waals surface area contributed by atoms with Crippen LogP contribution >= 0.6 is 0 Å². The summed E-state index contributed by atoms with van der Waals surface area (Å²) >= 11 is 0. The number of amides is 1. The van der Waals surface area contributed by atoms with Crippen LogP contribution in [0.2, 0.25) is 0 Å². The Hall–Kier alpha value is -0.570. The smallest absolute Gasteiger partial charge is 0.237 e. The number of carbonyl (C=O) groups excluding carboxylic acids is 1. The largest absolute Gasteiger partial charge is 0.353 e. The average molecular weight is 184 g/mol. The predicted octanol–water partition coefficient (Wildman–Crippen LogP) is 0.899. The van der Waals surface area contributed by atoms with Gasteiger partial charge >= 0.3 is 0 Å². The summed E-state index contributed by atoms with van der Waals surface area (Å²) < 4.78 is 0. The van der Waals surface area contributed by atoms with Crippen molar-refractivity contribution in [3.8, 4) is 0 Å². The zero-order valence-corrected chi connectivity index (χ0v) is 8.76. The molecule has 0 bridgehead atoms. The highest BCUT2D eigenvalue weighted by Crippen LogP contribution is 2.14. The van der Waals surface area contributed by atoms with Gasteiger partial charge in [-0.1, -0.05) is 6.92 Å². The third kappa shape index (κ3) is 3.35. The van der Waals surface area contributed by atoms with Crippen LogP contribution in [0.5, 0.6) is 0 Å². The maximum atomic E-state index is 11.6. The van der Waals surface area contributed by atoms with Crippen molar-refractivity contribution < 1.29 is 4.79 Å². The maximum Gasteiger partial charge on any atom is 0.237 e. The molecule has 0 aromatic carbocycles. The molecule has 2 atom stereocenters. The molecule has 1 amide bonds. The van der Waals surface area contributed by atoms with Gasteiger partial charge in [0.05, 0.1) is 6.04 Å². The minimum absolute atomic E-state index is 0.0335. The summed E-state index contributed by atoms with van der Waals surface area (Å²) in [5, 5.41) is 6.17. The highest BCUT2D eigenvalue weighted by molar-refractivity contribution is 5.82. The van der Waals surface area contributed by atoms with Crippen molar-refractivity contribution >= 4 is 5.91 Å². The molecule has 76 valence electrons. The molecule has 1 aliphatic rings. The monoisotopic (exact) mass is 184 g/mol. The molecular formula is C10H20N2O. The number of rotatable bonds is 2. The molecule has 0 aliphatic carbocycles. The van der Waals surface area contributed by atoms with Crippen molar-refractivity contribution in [1.29, 1.82) is 0 Å². The Labute approximate surface area is 80.3 Å². The maximum absolute atomic E-state index is 11.6. The molecule has 1 heterocycles. The summed E-state index contributed by atoms with van der Waals surface area (Å²) in [6, 6.07) is 0.276. The van der Waals surface area contributed by atoms with E-state index in [2.05, 4.69) is 17.6 Å². The van der Waals surface area contributed by atoms with Crippen molar-refractivity contribution in [2.45, 2.75) is 45.7 Å². The Balaban J connectivity index is 2.37. The van der Waals surface area contributed by atoms with E-state index in [4.69, 9.17) is 0 Å². The number of carbonyl (C=O) groups is 1. The minimum atomic E-state index is 0.0335. The second kappa shape index (κ2) is 4.61. The van der Waals surface area contributed by atoms with Crippen molar-refractivity contribution in [3.05, 3.63) is 0 Å². The van der Waals surface area contributed by atoms with Crippen LogP contribution in [0.1, 0.15) is 33.6 Å². The van der Waals surface area contributed by atoms with Crippen LogP contribution in [0.3, 0.4) is 0 Å². The highest BCUT2D eigenvalue weighted by Gasteiger charge is 2.24. The first-order valence-electron chi connectivity index (χ1n) is 5.13. The molecule has 2 N–H and O–H groups in total. The first-order chi connectivity index (χ1) is 6.09. The zero-order chi connectivity index (χ0) is 9.84. The highest BCUT2D eigenvalue weighted by atomic mass is 16.2. The van der Waals surface area contributed by atoms with Gasteiger partial charge in [0.1, 0.15) is 0 Å². The minimum Gasteiger partial charge on any atom is -0.353 e. The summed E-state index contributed by atoms with van der Waals surface area (Å²) in [6.45, 7) is 7.15. The topological polar surface area (TPSA) is 41.1 Å². The van der Waals surface area contributed by atoms with Gasteiger partial charge in [-0.05, 0) is 39.2 Å². The molecule has 0 aromatic heterocycles. The molecule has 13 heavy (non-hydrogen) atoms. The SMILES string of the molecule is CC1CCNC(C(=O)NC(C)C)C1. The molecule has 1 rings (SSSR count). The first kappa shape index (κ1) is 10.5. The van der Waals surface area contributed by atoms with Gasteiger partial charge < -0.3 is 10.6 Å². The quantitative estimate of drug-likeness (QED) is 0.669. The Kier molecular flexibility index (Phi) is 3.72. The molecular weight excluding hydrogens is 164 g/mol. The van der Waals surface area contributed by atoms with Gasteiger partial charge in [0, 0.05) is 6.04 Å². The molecule has 1 saturated heterocycles. The van der Waals surface area contributed by atoms with E-state index in [1.165, 1.54) is 6.42 Å². The second-order valence-corrected chi connectivity index (χ2v) is 4.30. The lowest BCUT2D eigenvalue weighted by molar-refractivity contribution is -0.124. The zero-order valence-electron chi connectivity index (χ0n) is 8.76. The first-order valence-corrected chi connectivity index (χ1v) is 5.13. The van der Waals surface area contributed by atoms with Crippen LogP contribution < -0.4 is 10.6 Å². The third-order valence-electron chi connectivity index (χ3n) is 2.41. The van der Waals surface area contributed by atoms with E-state index in [9.17, 15) is 4.79 Å². The van der Waals surface area contributed by atoms with Gasteiger partial charge in [-0.25, -0.2) is 0 Å². The van der Waals surface area contributed by atoms with E-state index in [1.807, 2.05) is 13.8 Å². The Bertz CT molecular complexity index is 180. The second-order valence-electron chi connectivity index (χ2n) is 4.30. The molecule has 0 spiro atoms. The van der Waals surface area contributed by atoms with Gasteiger partial charge in [-0.3, -0.25) is 4.79 Å². The van der Waals surface area contributed by atoms with Crippen molar-refractivity contribution in [3.63, 3.8) is 0 Å². The fourth-order valence-corrected chi connectivity index (χ4v) is 1.69. The summed E-state index contributed by atoms with van der Waals surface area (Å²) in [5.41, 5.74) is 0. The van der Waals surface area contributed by atoms with Crippen molar-refractivity contribution in [2.24, 2.45) is 5.92 Å². The summed E-state index contributed by atoms with van der Waals surface area (Å²) in [5.74, 6) is 0.825. The van der Waals surface area contributed by atoms with Crippen molar-refractivity contribution in [1.82, 2.24) is 10.6 Å². The van der Waals surface area contributed by atoms with Gasteiger partial charge in [-0.2, -0.15) is 0 Å². The molecule has 0 radical (unpaired) electrons. The fourth-order valence-electron chi connectivity index (χ4n) is 1.69. The Morgan fingerprint density at radius 3 is 2.77 bits per heavy atom. The Morgan fingerprint density at radius 1 is 1.54 bits per heavy atom. The van der Waals surface area contributed by atoms with E-state index in [-0.39, 0.29) is 18.0 Å². The lowest BCUT2D eigenvalue weighted by Gasteiger charge is -2.27. The lowest BCUT2D eigenvalue weighted by Crippen LogP contribution is -2.49. The Morgan fingerprint density at radius 2 is 2.23 bits per heavy atom. The standard InChI is InChI=1S/C10H20N2O/c1-7(2)12-10(13)9-6-8(3)4-5-11-9/h7-9,11H,4-6H2,1-3H3,(H,12,13). The molecule has 0 saturated carbocycles. The fraction of sp³-hybridized carbons (Fsp3) is 0.900. The lowest BCUT2D eigenvalue weighted by atomic mass is 9.94. The summed E-state index contributed by atoms with van der Waals surface area (Å²) in [7, 11) is 0. The van der Waals surface area contributed by atoms with Crippen LogP contribution in [0, 0.1) is 5.92 Å². The molecule has 0 aromatic rings. The number of hydrogen-bond donors (Lipinski definition) is 2. The van der Waals surface area contributed by atoms with Gasteiger partial charge in [-0.15, -0.1) is 0 Å². The van der Waals surface area contributed by atoms with Crippen LogP contribution in [-0.4, -0.2) is 24.5 Å². The van der Waals surface area contributed by atoms with Crippen molar-refractivity contribution in [2.75, 3.05) is 6.54 Å². The molecule has 3 heteroatoms. The van der Waals surface area contributed by atoms with Gasteiger partial charge in [0.2, 0.25) is 5.91 Å². The van der Waals surface area contributed by atoms with Gasteiger partial charge in [0.15, 0.2) is 0 Å². The van der Waals surface area contributed by atoms with E-state index >= 15 is 0 Å². The molecule has 2 unspecified atom stereocenters. The number of piperidine rings is 1. The number of hydrogen-bond acceptors (Lipinski definition) is 2. The van der Waals surface area contributed by atoms with Crippen LogP contribution in [0.4, 0.5) is 0 Å². The molecule has 1 fully saturated rings. The van der Waals surface area contributed by atoms with Crippen LogP contribution in [-0.2, 0) is 4.79 Å². The normalized spacial score (nSPS) is 28.9. The molecule has 3 nitrogen and oxygen atoms in total. The number of nitrogens with one attached hydrogen (secondary N) is 2. The van der Waals surface area contributed by atoms with Crippen LogP contribution in [0.15, 0.2) is 0 Å². The third-order valence-corrected chi connectivity index (χ3v) is 2.41. The van der Waals surface area contributed by atoms with E-state index in [0.717, 1.165) is 13.0 Å². The predicted molar refractivity (Wildman–Crippen MR) is 53.5 cm³/mol. The van der Waals surface area contributed by atoms with E-state index < -0.39 is 0 Å². The van der Waals surface area contributed by atoms with E-state index in [1.54, 1.807) is 0 Å².